The maximum absolute atomic E-state index is 13.4. The van der Waals surface area contributed by atoms with Crippen LogP contribution in [0.1, 0.15) is 16.7 Å². The van der Waals surface area contributed by atoms with Crippen LogP contribution in [0.3, 0.4) is 0 Å². The summed E-state index contributed by atoms with van der Waals surface area (Å²) in [6.07, 6.45) is -3.07. The van der Waals surface area contributed by atoms with Gasteiger partial charge in [0, 0.05) is 0 Å². The summed E-state index contributed by atoms with van der Waals surface area (Å²) in [5, 5.41) is 10.2. The molecule has 0 spiro atoms. The Morgan fingerprint density at radius 3 is 2.09 bits per heavy atom. The van der Waals surface area contributed by atoms with Gasteiger partial charge in [-0.25, -0.2) is 4.39 Å². The quantitative estimate of drug-likeness (QED) is 0.822. The topological polar surface area (TPSA) is 20.2 Å². The van der Waals surface area contributed by atoms with E-state index in [1.807, 2.05) is 0 Å². The molecule has 1 nitrogen and oxygen atoms in total. The van der Waals surface area contributed by atoms with Gasteiger partial charge in [-0.05, 0) is 41.8 Å². The number of rotatable bonds is 3. The van der Waals surface area contributed by atoms with Crippen LogP contribution in [-0.4, -0.2) is 11.3 Å². The molecule has 2 aromatic rings. The Labute approximate surface area is 125 Å². The van der Waals surface area contributed by atoms with Crippen LogP contribution in [0.25, 0.3) is 6.08 Å². The van der Waals surface area contributed by atoms with Crippen LogP contribution in [0.5, 0.6) is 0 Å². The van der Waals surface area contributed by atoms with Crippen LogP contribution in [0.2, 0.25) is 0 Å². The summed E-state index contributed by atoms with van der Waals surface area (Å²) in [6.45, 7) is 1.50. The zero-order valence-electron chi connectivity index (χ0n) is 11.7. The van der Waals surface area contributed by atoms with E-state index in [0.717, 1.165) is 18.2 Å². The molecule has 0 aliphatic carbocycles. The van der Waals surface area contributed by atoms with Crippen molar-refractivity contribution in [3.05, 3.63) is 77.1 Å². The Morgan fingerprint density at radius 1 is 0.955 bits per heavy atom. The molecule has 0 saturated heterocycles. The zero-order valence-corrected chi connectivity index (χ0v) is 11.7. The van der Waals surface area contributed by atoms with Gasteiger partial charge in [0.15, 0.2) is 0 Å². The summed E-state index contributed by atoms with van der Waals surface area (Å²) in [7, 11) is 0. The molecule has 5 heteroatoms. The highest BCUT2D eigenvalue weighted by molar-refractivity contribution is 5.52. The van der Waals surface area contributed by atoms with E-state index in [-0.39, 0.29) is 5.56 Å². The van der Waals surface area contributed by atoms with Crippen LogP contribution in [0.4, 0.5) is 17.6 Å². The molecule has 0 radical (unpaired) electrons. The molecule has 0 heterocycles. The molecule has 116 valence electrons. The Kier molecular flexibility index (Phi) is 4.37. The van der Waals surface area contributed by atoms with Gasteiger partial charge >= 0.3 is 6.18 Å². The fraction of sp³-hybridized carbons (Fsp3) is 0.176. The highest BCUT2D eigenvalue weighted by atomic mass is 19.4. The van der Waals surface area contributed by atoms with Crippen LogP contribution < -0.4 is 0 Å². The van der Waals surface area contributed by atoms with E-state index in [9.17, 15) is 22.7 Å². The van der Waals surface area contributed by atoms with Crippen molar-refractivity contribution in [1.29, 1.82) is 0 Å². The summed E-state index contributed by atoms with van der Waals surface area (Å²) >= 11 is 0. The second kappa shape index (κ2) is 5.93. The minimum atomic E-state index is -4.88. The van der Waals surface area contributed by atoms with Gasteiger partial charge in [0.25, 0.3) is 0 Å². The molecule has 0 saturated carbocycles. The van der Waals surface area contributed by atoms with Gasteiger partial charge in [-0.15, -0.1) is 0 Å². The third-order valence-corrected chi connectivity index (χ3v) is 3.37. The zero-order chi connectivity index (χ0) is 16.4. The fourth-order valence-electron chi connectivity index (χ4n) is 2.13. The third-order valence-electron chi connectivity index (χ3n) is 3.37. The molecule has 2 aromatic carbocycles. The predicted octanol–water partition coefficient (Wildman–Crippen LogP) is 4.60. The van der Waals surface area contributed by atoms with Crippen LogP contribution >= 0.6 is 0 Å². The summed E-state index contributed by atoms with van der Waals surface area (Å²) in [6, 6.07) is 10.7. The first kappa shape index (κ1) is 16.2. The molecule has 0 fully saturated rings. The third kappa shape index (κ3) is 3.20. The lowest BCUT2D eigenvalue weighted by molar-refractivity contribution is -0.245. The Morgan fingerprint density at radius 2 is 1.55 bits per heavy atom. The largest absolute Gasteiger partial charge is 0.425 e. The molecule has 0 aliphatic heterocycles. The first-order chi connectivity index (χ1) is 10.2. The monoisotopic (exact) mass is 310 g/mol. The summed E-state index contributed by atoms with van der Waals surface area (Å²) in [5.41, 5.74) is -2.66. The normalized spacial score (nSPS) is 15.0. The van der Waals surface area contributed by atoms with Gasteiger partial charge in [-0.2, -0.15) is 13.2 Å². The van der Waals surface area contributed by atoms with Gasteiger partial charge in [-0.3, -0.25) is 0 Å². The highest BCUT2D eigenvalue weighted by Gasteiger charge is 2.53. The van der Waals surface area contributed by atoms with E-state index in [1.165, 1.54) is 37.3 Å². The molecule has 0 bridgehead atoms. The maximum Gasteiger partial charge on any atom is 0.425 e. The molecule has 0 aliphatic rings. The average molecular weight is 310 g/mol. The van der Waals surface area contributed by atoms with Crippen molar-refractivity contribution in [2.45, 2.75) is 18.7 Å². The van der Waals surface area contributed by atoms with E-state index in [1.54, 1.807) is 6.07 Å². The second-order valence-electron chi connectivity index (χ2n) is 4.96. The minimum absolute atomic E-state index is 0.235. The van der Waals surface area contributed by atoms with Crippen molar-refractivity contribution in [2.24, 2.45) is 0 Å². The molecular formula is C17H14F4O. The number of aryl methyl sites for hydroxylation is 1. The van der Waals surface area contributed by atoms with Crippen LogP contribution in [0, 0.1) is 12.7 Å². The van der Waals surface area contributed by atoms with Crippen molar-refractivity contribution in [1.82, 2.24) is 0 Å². The van der Waals surface area contributed by atoms with Gasteiger partial charge in [0.2, 0.25) is 5.60 Å². The maximum atomic E-state index is 13.4. The van der Waals surface area contributed by atoms with Crippen LogP contribution in [0.15, 0.2) is 54.6 Å². The molecule has 0 aromatic heterocycles. The van der Waals surface area contributed by atoms with E-state index in [2.05, 4.69) is 0 Å². The Bertz CT molecular complexity index is 674. The van der Waals surface area contributed by atoms with E-state index in [0.29, 0.717) is 17.2 Å². The molecular weight excluding hydrogens is 296 g/mol. The fourth-order valence-corrected chi connectivity index (χ4v) is 2.13. The smallest absolute Gasteiger partial charge is 0.373 e. The van der Waals surface area contributed by atoms with Gasteiger partial charge < -0.3 is 5.11 Å². The second-order valence-corrected chi connectivity index (χ2v) is 4.96. The SMILES string of the molecule is Cc1ccccc1C(O)(C=Cc1ccc(F)cc1)C(F)(F)F. The number of benzene rings is 2. The molecule has 22 heavy (non-hydrogen) atoms. The van der Waals surface area contributed by atoms with Crippen molar-refractivity contribution in [3.63, 3.8) is 0 Å². The lowest BCUT2D eigenvalue weighted by Crippen LogP contribution is -2.41. The Hall–Kier alpha value is -2.14. The standard InChI is InChI=1S/C17H14F4O/c1-12-4-2-3-5-15(12)16(22,17(19,20)21)11-10-13-6-8-14(18)9-7-13/h2-11,22H,1H3. The Balaban J connectivity index is 2.47. The molecule has 0 amide bonds. The lowest BCUT2D eigenvalue weighted by Gasteiger charge is -2.29. The van der Waals surface area contributed by atoms with E-state index in [4.69, 9.17) is 0 Å². The van der Waals surface area contributed by atoms with Crippen molar-refractivity contribution in [3.8, 4) is 0 Å². The van der Waals surface area contributed by atoms with Gasteiger partial charge in [-0.1, -0.05) is 42.5 Å². The lowest BCUT2D eigenvalue weighted by atomic mass is 9.88. The summed E-state index contributed by atoms with van der Waals surface area (Å²) < 4.78 is 52.9. The average Bonchev–Trinajstić information content (AvgIpc) is 2.45. The van der Waals surface area contributed by atoms with E-state index >= 15 is 0 Å². The number of hydrogen-bond acceptors (Lipinski definition) is 1. The number of hydrogen-bond donors (Lipinski definition) is 1. The molecule has 2 rings (SSSR count). The van der Waals surface area contributed by atoms with Crippen molar-refractivity contribution < 1.29 is 22.7 Å². The molecule has 1 N–H and O–H groups in total. The number of aliphatic hydroxyl groups is 1. The van der Waals surface area contributed by atoms with E-state index < -0.39 is 17.6 Å². The van der Waals surface area contributed by atoms with Crippen LogP contribution in [-0.2, 0) is 5.60 Å². The minimum Gasteiger partial charge on any atom is -0.373 e. The molecule has 1 atom stereocenters. The first-order valence-corrected chi connectivity index (χ1v) is 6.54. The predicted molar refractivity (Wildman–Crippen MR) is 76.6 cm³/mol. The van der Waals surface area contributed by atoms with Gasteiger partial charge in [0.1, 0.15) is 5.82 Å². The van der Waals surface area contributed by atoms with Crippen molar-refractivity contribution in [2.75, 3.05) is 0 Å². The van der Waals surface area contributed by atoms with Crippen molar-refractivity contribution >= 4 is 6.08 Å². The first-order valence-electron chi connectivity index (χ1n) is 6.54. The summed E-state index contributed by atoms with van der Waals surface area (Å²) in [5.74, 6) is -0.484. The highest BCUT2D eigenvalue weighted by Crippen LogP contribution is 2.41. The molecule has 1 unspecified atom stereocenters. The summed E-state index contributed by atoms with van der Waals surface area (Å²) in [4.78, 5) is 0. The van der Waals surface area contributed by atoms with Gasteiger partial charge in [0.05, 0.1) is 0 Å². The number of halogens is 4. The number of alkyl halides is 3.